The molecule has 224 valence electrons. The van der Waals surface area contributed by atoms with Gasteiger partial charge in [-0.1, -0.05) is 48.5 Å². The zero-order valence-electron chi connectivity index (χ0n) is 25.7. The van der Waals surface area contributed by atoms with Crippen LogP contribution in [-0.2, 0) is 23.5 Å². The van der Waals surface area contributed by atoms with Crippen LogP contribution < -0.4 is 0 Å². The van der Waals surface area contributed by atoms with Gasteiger partial charge in [0, 0.05) is 31.6 Å². The average Bonchev–Trinajstić information content (AvgIpc) is 2.85. The van der Waals surface area contributed by atoms with Crippen LogP contribution in [0.3, 0.4) is 0 Å². The molecule has 3 N–H and O–H groups in total. The maximum atomic E-state index is 14.6. The molecular formula is C30H52O8Si. The Bertz CT molecular complexity index is 979. The van der Waals surface area contributed by atoms with Gasteiger partial charge >= 0.3 is 5.97 Å². The molecule has 0 aromatic heterocycles. The van der Waals surface area contributed by atoms with Crippen molar-refractivity contribution >= 4 is 20.1 Å². The highest BCUT2D eigenvalue weighted by molar-refractivity contribution is 6.73. The first-order valence-electron chi connectivity index (χ1n) is 14.7. The van der Waals surface area contributed by atoms with Crippen LogP contribution in [0.15, 0.2) is 11.1 Å². The van der Waals surface area contributed by atoms with Gasteiger partial charge in [-0.3, -0.25) is 9.59 Å². The van der Waals surface area contributed by atoms with Gasteiger partial charge in [0.25, 0.3) is 0 Å². The molecule has 9 heteroatoms. The number of hydrogen-bond acceptors (Lipinski definition) is 8. The SMILES string of the molecule is CC[Si](CC)(CC)OC1CC2OC[C@@]2(OC(C)=O)CC1(C)C(=O)C(O)C1=C(C)C(O)CC(O)(C(C)C)C1(C)C. The Morgan fingerprint density at radius 2 is 1.69 bits per heavy atom. The molecule has 0 aromatic rings. The lowest BCUT2D eigenvalue weighted by Crippen LogP contribution is -2.71. The summed E-state index contributed by atoms with van der Waals surface area (Å²) in [5, 5.41) is 34.6. The number of Topliss-reactive ketones (excluding diaryl/α,β-unsaturated/α-hetero) is 1. The summed E-state index contributed by atoms with van der Waals surface area (Å²) in [7, 11) is -2.18. The van der Waals surface area contributed by atoms with E-state index < -0.39 is 60.4 Å². The van der Waals surface area contributed by atoms with Crippen LogP contribution in [0, 0.1) is 16.7 Å². The Morgan fingerprint density at radius 3 is 2.13 bits per heavy atom. The van der Waals surface area contributed by atoms with Crippen LogP contribution in [0.5, 0.6) is 0 Å². The maximum Gasteiger partial charge on any atom is 0.303 e. The molecule has 1 aliphatic heterocycles. The lowest BCUT2D eigenvalue weighted by molar-refractivity contribution is -0.290. The quantitative estimate of drug-likeness (QED) is 0.203. The molecule has 0 bridgehead atoms. The number of ketones is 1. The number of fused-ring (bicyclic) bond motifs is 1. The highest BCUT2D eigenvalue weighted by Gasteiger charge is 2.66. The standard InChI is InChI=1S/C30H52O8Si/c1-11-39(12-2,13-3)38-22-14-23-29(17-36-23,37-20(7)31)16-28(22,10)26(34)25(33)24-19(6)21(32)15-30(35,18(4)5)27(24,8)9/h18,21-23,25,32-33,35H,11-17H2,1-10H3/t21?,22?,23?,25?,28?,29-,30?/m0/s1. The summed E-state index contributed by atoms with van der Waals surface area (Å²) in [5.74, 6) is -1.09. The smallest absolute Gasteiger partial charge is 0.303 e. The predicted octanol–water partition coefficient (Wildman–Crippen LogP) is 4.30. The van der Waals surface area contributed by atoms with Crippen LogP contribution in [-0.4, -0.2) is 77.6 Å². The van der Waals surface area contributed by atoms with E-state index in [1.165, 1.54) is 6.92 Å². The molecule has 39 heavy (non-hydrogen) atoms. The third kappa shape index (κ3) is 5.10. The molecule has 0 spiro atoms. The normalized spacial score (nSPS) is 37.2. The van der Waals surface area contributed by atoms with Crippen molar-refractivity contribution in [2.45, 2.75) is 142 Å². The number of esters is 1. The predicted molar refractivity (Wildman–Crippen MR) is 152 cm³/mol. The third-order valence-corrected chi connectivity index (χ3v) is 15.5. The van der Waals surface area contributed by atoms with Crippen LogP contribution in [0.4, 0.5) is 0 Å². The molecule has 2 aliphatic carbocycles. The van der Waals surface area contributed by atoms with Gasteiger partial charge in [0.05, 0.1) is 29.8 Å². The van der Waals surface area contributed by atoms with Crippen molar-refractivity contribution in [2.24, 2.45) is 16.7 Å². The molecule has 6 unspecified atom stereocenters. The highest BCUT2D eigenvalue weighted by atomic mass is 28.4. The van der Waals surface area contributed by atoms with E-state index in [2.05, 4.69) is 20.8 Å². The van der Waals surface area contributed by atoms with Gasteiger partial charge in [-0.2, -0.15) is 0 Å². The Hall–Kier alpha value is -1.10. The number of ether oxygens (including phenoxy) is 2. The first-order chi connectivity index (χ1) is 17.9. The minimum atomic E-state index is -2.18. The van der Waals surface area contributed by atoms with Crippen molar-refractivity contribution < 1.29 is 38.8 Å². The van der Waals surface area contributed by atoms with Gasteiger partial charge in [-0.15, -0.1) is 0 Å². The molecule has 3 aliphatic rings. The monoisotopic (exact) mass is 568 g/mol. The highest BCUT2D eigenvalue weighted by Crippen LogP contribution is 2.56. The van der Waals surface area contributed by atoms with E-state index in [1.807, 2.05) is 34.6 Å². The van der Waals surface area contributed by atoms with Gasteiger partial charge in [0.2, 0.25) is 0 Å². The van der Waals surface area contributed by atoms with E-state index in [0.717, 1.165) is 18.1 Å². The Morgan fingerprint density at radius 1 is 1.13 bits per heavy atom. The Labute approximate surface area is 235 Å². The summed E-state index contributed by atoms with van der Waals surface area (Å²) in [6.45, 7) is 18.9. The summed E-state index contributed by atoms with van der Waals surface area (Å²) in [5.41, 5.74) is -3.57. The van der Waals surface area contributed by atoms with Crippen molar-refractivity contribution in [2.75, 3.05) is 6.61 Å². The molecule has 2 fully saturated rings. The molecule has 7 atom stereocenters. The molecule has 8 nitrogen and oxygen atoms in total. The molecule has 1 saturated carbocycles. The van der Waals surface area contributed by atoms with Crippen molar-refractivity contribution in [3.05, 3.63) is 11.1 Å². The molecule has 0 radical (unpaired) electrons. The number of carbonyl (C=O) groups is 2. The minimum Gasteiger partial charge on any atom is -0.454 e. The first-order valence-corrected chi connectivity index (χ1v) is 17.3. The zero-order valence-corrected chi connectivity index (χ0v) is 26.7. The Balaban J connectivity index is 2.12. The van der Waals surface area contributed by atoms with E-state index in [0.29, 0.717) is 17.6 Å². The van der Waals surface area contributed by atoms with E-state index in [4.69, 9.17) is 13.9 Å². The summed E-state index contributed by atoms with van der Waals surface area (Å²) < 4.78 is 18.6. The van der Waals surface area contributed by atoms with Crippen molar-refractivity contribution in [1.82, 2.24) is 0 Å². The first kappa shape index (κ1) is 32.4. The van der Waals surface area contributed by atoms with Crippen LogP contribution in [0.25, 0.3) is 0 Å². The van der Waals surface area contributed by atoms with Gasteiger partial charge in [0.1, 0.15) is 12.2 Å². The van der Waals surface area contributed by atoms with Crippen molar-refractivity contribution in [3.63, 3.8) is 0 Å². The fraction of sp³-hybridized carbons (Fsp3) is 0.867. The maximum absolute atomic E-state index is 14.6. The van der Waals surface area contributed by atoms with Crippen LogP contribution in [0.2, 0.25) is 18.1 Å². The van der Waals surface area contributed by atoms with Crippen LogP contribution >= 0.6 is 0 Å². The van der Waals surface area contributed by atoms with E-state index in [9.17, 15) is 24.9 Å². The molecular weight excluding hydrogens is 516 g/mol. The molecule has 1 heterocycles. The summed E-state index contributed by atoms with van der Waals surface area (Å²) in [6.07, 6.45) is -2.75. The number of rotatable bonds is 10. The van der Waals surface area contributed by atoms with Gasteiger partial charge < -0.3 is 29.2 Å². The minimum absolute atomic E-state index is 0.128. The van der Waals surface area contributed by atoms with Crippen molar-refractivity contribution in [3.8, 4) is 0 Å². The second-order valence-corrected chi connectivity index (χ2v) is 18.1. The van der Waals surface area contributed by atoms with E-state index >= 15 is 0 Å². The summed E-state index contributed by atoms with van der Waals surface area (Å²) in [4.78, 5) is 26.7. The average molecular weight is 569 g/mol. The molecule has 1 saturated heterocycles. The number of aliphatic hydroxyl groups excluding tert-OH is 2. The number of hydrogen-bond donors (Lipinski definition) is 3. The second-order valence-electron chi connectivity index (χ2n) is 13.4. The van der Waals surface area contributed by atoms with Gasteiger partial charge in [-0.05, 0) is 49.0 Å². The second kappa shape index (κ2) is 10.9. The Kier molecular flexibility index (Phi) is 9.10. The van der Waals surface area contributed by atoms with Crippen LogP contribution in [0.1, 0.15) is 88.5 Å². The lowest BCUT2D eigenvalue weighted by atomic mass is 9.54. The van der Waals surface area contributed by atoms with Gasteiger partial charge in [0.15, 0.2) is 19.7 Å². The topological polar surface area (TPSA) is 123 Å². The zero-order chi connectivity index (χ0) is 29.8. The fourth-order valence-electron chi connectivity index (χ4n) is 7.73. The fourth-order valence-corrected chi connectivity index (χ4v) is 10.7. The molecule has 3 rings (SSSR count). The number of carbonyl (C=O) groups excluding carboxylic acids is 2. The van der Waals surface area contributed by atoms with Gasteiger partial charge in [-0.25, -0.2) is 0 Å². The largest absolute Gasteiger partial charge is 0.454 e. The van der Waals surface area contributed by atoms with E-state index in [1.54, 1.807) is 6.92 Å². The number of aliphatic hydroxyl groups is 3. The molecule has 0 amide bonds. The van der Waals surface area contributed by atoms with Crippen molar-refractivity contribution in [1.29, 1.82) is 0 Å². The summed E-state index contributed by atoms with van der Waals surface area (Å²) in [6, 6.07) is 2.69. The lowest BCUT2D eigenvalue weighted by Gasteiger charge is -2.59. The third-order valence-electron chi connectivity index (χ3n) is 10.8. The summed E-state index contributed by atoms with van der Waals surface area (Å²) >= 11 is 0. The van der Waals surface area contributed by atoms with E-state index in [-0.39, 0.29) is 31.5 Å². The molecule has 0 aromatic carbocycles.